The van der Waals surface area contributed by atoms with Crippen LogP contribution in [0.3, 0.4) is 0 Å². The monoisotopic (exact) mass is 212 g/mol. The van der Waals surface area contributed by atoms with E-state index in [-0.39, 0.29) is 5.54 Å². The highest BCUT2D eigenvalue weighted by Crippen LogP contribution is 2.35. The van der Waals surface area contributed by atoms with Gasteiger partial charge in [0, 0.05) is 5.39 Å². The molecular formula is C14H16N2. The third-order valence-electron chi connectivity index (χ3n) is 3.60. The SMILES string of the molecule is NC1(c2ccc3ccccc3n2)CCCC1. The molecule has 1 saturated carbocycles. The normalized spacial score (nSPS) is 19.1. The molecule has 2 aromatic rings. The maximum Gasteiger partial charge on any atom is 0.0706 e. The van der Waals surface area contributed by atoms with Crippen molar-refractivity contribution < 1.29 is 0 Å². The van der Waals surface area contributed by atoms with Gasteiger partial charge in [0.05, 0.1) is 16.7 Å². The lowest BCUT2D eigenvalue weighted by molar-refractivity contribution is 0.449. The summed E-state index contributed by atoms with van der Waals surface area (Å²) in [5, 5.41) is 1.19. The van der Waals surface area contributed by atoms with E-state index in [0.717, 1.165) is 24.1 Å². The van der Waals surface area contributed by atoms with E-state index < -0.39 is 0 Å². The first-order valence-corrected chi connectivity index (χ1v) is 5.93. The van der Waals surface area contributed by atoms with Gasteiger partial charge in [0.15, 0.2) is 0 Å². The van der Waals surface area contributed by atoms with Crippen molar-refractivity contribution in [3.05, 3.63) is 42.1 Å². The molecule has 1 heterocycles. The van der Waals surface area contributed by atoms with Gasteiger partial charge in [-0.1, -0.05) is 37.1 Å². The van der Waals surface area contributed by atoms with E-state index in [0.29, 0.717) is 0 Å². The highest BCUT2D eigenvalue weighted by molar-refractivity contribution is 5.78. The fourth-order valence-electron chi connectivity index (χ4n) is 2.61. The van der Waals surface area contributed by atoms with Crippen LogP contribution in [0.25, 0.3) is 10.9 Å². The fourth-order valence-corrected chi connectivity index (χ4v) is 2.61. The van der Waals surface area contributed by atoms with Crippen LogP contribution in [0.2, 0.25) is 0 Å². The summed E-state index contributed by atoms with van der Waals surface area (Å²) in [6.45, 7) is 0. The third-order valence-corrected chi connectivity index (χ3v) is 3.60. The molecule has 0 atom stereocenters. The average molecular weight is 212 g/mol. The zero-order chi connectivity index (χ0) is 11.0. The molecule has 1 aromatic carbocycles. The molecule has 0 radical (unpaired) electrons. The first-order valence-electron chi connectivity index (χ1n) is 5.93. The van der Waals surface area contributed by atoms with Gasteiger partial charge in [-0.2, -0.15) is 0 Å². The Balaban J connectivity index is 2.11. The van der Waals surface area contributed by atoms with Crippen LogP contribution in [0.4, 0.5) is 0 Å². The lowest BCUT2D eigenvalue weighted by Crippen LogP contribution is -2.34. The summed E-state index contributed by atoms with van der Waals surface area (Å²) in [6, 6.07) is 12.4. The fraction of sp³-hybridized carbons (Fsp3) is 0.357. The number of benzene rings is 1. The van der Waals surface area contributed by atoms with E-state index in [9.17, 15) is 0 Å². The molecule has 2 nitrogen and oxygen atoms in total. The Hall–Kier alpha value is -1.41. The van der Waals surface area contributed by atoms with Crippen LogP contribution in [0.15, 0.2) is 36.4 Å². The predicted octanol–water partition coefficient (Wildman–Crippen LogP) is 2.96. The van der Waals surface area contributed by atoms with Crippen LogP contribution < -0.4 is 5.73 Å². The number of rotatable bonds is 1. The van der Waals surface area contributed by atoms with Gasteiger partial charge in [-0.3, -0.25) is 4.98 Å². The molecule has 0 aliphatic heterocycles. The van der Waals surface area contributed by atoms with Crippen molar-refractivity contribution in [3.8, 4) is 0 Å². The molecule has 0 spiro atoms. The number of para-hydroxylation sites is 1. The van der Waals surface area contributed by atoms with Gasteiger partial charge >= 0.3 is 0 Å². The Morgan fingerprint density at radius 1 is 1.00 bits per heavy atom. The molecule has 1 aromatic heterocycles. The summed E-state index contributed by atoms with van der Waals surface area (Å²) in [5.74, 6) is 0. The van der Waals surface area contributed by atoms with Gasteiger partial charge in [0.2, 0.25) is 0 Å². The highest BCUT2D eigenvalue weighted by Gasteiger charge is 2.32. The number of fused-ring (bicyclic) bond motifs is 1. The summed E-state index contributed by atoms with van der Waals surface area (Å²) in [7, 11) is 0. The molecule has 3 rings (SSSR count). The molecule has 0 saturated heterocycles. The molecule has 2 N–H and O–H groups in total. The Morgan fingerprint density at radius 2 is 1.75 bits per heavy atom. The van der Waals surface area contributed by atoms with Crippen LogP contribution >= 0.6 is 0 Å². The third kappa shape index (κ3) is 1.50. The van der Waals surface area contributed by atoms with Crippen molar-refractivity contribution in [3.63, 3.8) is 0 Å². The van der Waals surface area contributed by atoms with Crippen LogP contribution in [0.1, 0.15) is 31.4 Å². The number of hydrogen-bond acceptors (Lipinski definition) is 2. The molecule has 0 bridgehead atoms. The van der Waals surface area contributed by atoms with Crippen LogP contribution in [-0.2, 0) is 5.54 Å². The van der Waals surface area contributed by atoms with Crippen molar-refractivity contribution in [2.45, 2.75) is 31.2 Å². The van der Waals surface area contributed by atoms with E-state index in [1.807, 2.05) is 12.1 Å². The molecule has 0 amide bonds. The second kappa shape index (κ2) is 3.56. The highest BCUT2D eigenvalue weighted by atomic mass is 14.8. The number of nitrogens with zero attached hydrogens (tertiary/aromatic N) is 1. The Morgan fingerprint density at radius 3 is 2.56 bits per heavy atom. The maximum atomic E-state index is 6.41. The van der Waals surface area contributed by atoms with Gasteiger partial charge in [-0.15, -0.1) is 0 Å². The summed E-state index contributed by atoms with van der Waals surface area (Å²) in [5.41, 5.74) is 8.34. The second-order valence-electron chi connectivity index (χ2n) is 4.75. The minimum Gasteiger partial charge on any atom is -0.320 e. The van der Waals surface area contributed by atoms with Gasteiger partial charge in [0.25, 0.3) is 0 Å². The van der Waals surface area contributed by atoms with Crippen molar-refractivity contribution >= 4 is 10.9 Å². The standard InChI is InChI=1S/C14H16N2/c15-14(9-3-4-10-14)13-8-7-11-5-1-2-6-12(11)16-13/h1-2,5-8H,3-4,9-10,15H2. The number of aromatic nitrogens is 1. The van der Waals surface area contributed by atoms with E-state index in [2.05, 4.69) is 24.3 Å². The predicted molar refractivity (Wildman–Crippen MR) is 66.1 cm³/mol. The summed E-state index contributed by atoms with van der Waals surface area (Å²) in [6.07, 6.45) is 4.59. The van der Waals surface area contributed by atoms with Crippen molar-refractivity contribution in [2.24, 2.45) is 5.73 Å². The molecular weight excluding hydrogens is 196 g/mol. The first kappa shape index (κ1) is 9.79. The quantitative estimate of drug-likeness (QED) is 0.789. The number of hydrogen-bond donors (Lipinski definition) is 1. The minimum absolute atomic E-state index is 0.177. The zero-order valence-electron chi connectivity index (χ0n) is 9.32. The molecule has 2 heteroatoms. The van der Waals surface area contributed by atoms with Crippen LogP contribution in [-0.4, -0.2) is 4.98 Å². The smallest absolute Gasteiger partial charge is 0.0706 e. The second-order valence-corrected chi connectivity index (χ2v) is 4.75. The van der Waals surface area contributed by atoms with Gasteiger partial charge in [0.1, 0.15) is 0 Å². The topological polar surface area (TPSA) is 38.9 Å². The Kier molecular flexibility index (Phi) is 2.18. The van der Waals surface area contributed by atoms with Gasteiger partial charge < -0.3 is 5.73 Å². The largest absolute Gasteiger partial charge is 0.320 e. The van der Waals surface area contributed by atoms with Crippen molar-refractivity contribution in [1.82, 2.24) is 4.98 Å². The molecule has 16 heavy (non-hydrogen) atoms. The molecule has 1 aliphatic rings. The lowest BCUT2D eigenvalue weighted by atomic mass is 9.93. The molecule has 0 unspecified atom stereocenters. The number of pyridine rings is 1. The minimum atomic E-state index is -0.177. The van der Waals surface area contributed by atoms with Crippen molar-refractivity contribution in [1.29, 1.82) is 0 Å². The number of nitrogens with two attached hydrogens (primary N) is 1. The van der Waals surface area contributed by atoms with E-state index >= 15 is 0 Å². The Labute approximate surface area is 95.5 Å². The van der Waals surface area contributed by atoms with E-state index in [1.54, 1.807) is 0 Å². The van der Waals surface area contributed by atoms with Crippen LogP contribution in [0.5, 0.6) is 0 Å². The average Bonchev–Trinajstić information content (AvgIpc) is 2.77. The van der Waals surface area contributed by atoms with Gasteiger partial charge in [-0.05, 0) is 25.0 Å². The Bertz CT molecular complexity index is 513. The molecule has 82 valence electrons. The lowest BCUT2D eigenvalue weighted by Gasteiger charge is -2.23. The molecule has 1 fully saturated rings. The van der Waals surface area contributed by atoms with Crippen LogP contribution in [0, 0.1) is 0 Å². The summed E-state index contributed by atoms with van der Waals surface area (Å²) in [4.78, 5) is 4.70. The summed E-state index contributed by atoms with van der Waals surface area (Å²) >= 11 is 0. The van der Waals surface area contributed by atoms with Gasteiger partial charge in [-0.25, -0.2) is 0 Å². The first-order chi connectivity index (χ1) is 7.78. The zero-order valence-corrected chi connectivity index (χ0v) is 9.32. The van der Waals surface area contributed by atoms with E-state index in [1.165, 1.54) is 18.2 Å². The van der Waals surface area contributed by atoms with Crippen molar-refractivity contribution in [2.75, 3.05) is 0 Å². The summed E-state index contributed by atoms with van der Waals surface area (Å²) < 4.78 is 0. The molecule has 1 aliphatic carbocycles. The van der Waals surface area contributed by atoms with E-state index in [4.69, 9.17) is 10.7 Å². The maximum absolute atomic E-state index is 6.41.